The zero-order chi connectivity index (χ0) is 15.2. The molecular weight excluding hydrogens is 272 g/mol. The molecular formula is C15H20N2O4. The number of aliphatic hydroxyl groups is 1. The van der Waals surface area contributed by atoms with Gasteiger partial charge in [0.05, 0.1) is 23.5 Å². The third-order valence-corrected chi connectivity index (χ3v) is 3.84. The van der Waals surface area contributed by atoms with E-state index in [0.717, 1.165) is 37.7 Å². The number of aliphatic hydroxyl groups excluding tert-OH is 1. The molecule has 1 fully saturated rings. The number of carbonyl (C=O) groups is 1. The van der Waals surface area contributed by atoms with Gasteiger partial charge in [0.1, 0.15) is 0 Å². The van der Waals surface area contributed by atoms with Crippen LogP contribution in [0.3, 0.4) is 0 Å². The van der Waals surface area contributed by atoms with Crippen molar-refractivity contribution in [2.24, 2.45) is 0 Å². The fourth-order valence-corrected chi connectivity index (χ4v) is 2.64. The lowest BCUT2D eigenvalue weighted by molar-refractivity contribution is -0.384. The van der Waals surface area contributed by atoms with Gasteiger partial charge < -0.3 is 10.4 Å². The highest BCUT2D eigenvalue weighted by atomic mass is 16.6. The first kappa shape index (κ1) is 15.4. The van der Waals surface area contributed by atoms with Gasteiger partial charge >= 0.3 is 0 Å². The topological polar surface area (TPSA) is 92.5 Å². The van der Waals surface area contributed by atoms with E-state index in [2.05, 4.69) is 5.32 Å². The standard InChI is InChI=1S/C15H20N2O4/c18-14-5-3-1-2-4-13(14)16-15(19)10-11-6-8-12(9-7-11)17(20)21/h6-9,13-14,18H,1-5,10H2,(H,16,19). The Morgan fingerprint density at radius 3 is 2.57 bits per heavy atom. The van der Waals surface area contributed by atoms with Gasteiger partial charge in [0.25, 0.3) is 5.69 Å². The minimum absolute atomic E-state index is 0.0124. The summed E-state index contributed by atoms with van der Waals surface area (Å²) in [5.74, 6) is -0.158. The Morgan fingerprint density at radius 1 is 1.24 bits per heavy atom. The number of amides is 1. The van der Waals surface area contributed by atoms with E-state index in [-0.39, 0.29) is 24.1 Å². The molecule has 2 atom stereocenters. The lowest BCUT2D eigenvalue weighted by Gasteiger charge is -2.21. The van der Waals surface area contributed by atoms with Crippen molar-refractivity contribution in [1.82, 2.24) is 5.32 Å². The van der Waals surface area contributed by atoms with Crippen LogP contribution in [0.4, 0.5) is 5.69 Å². The van der Waals surface area contributed by atoms with Gasteiger partial charge in [0.2, 0.25) is 5.91 Å². The maximum Gasteiger partial charge on any atom is 0.269 e. The summed E-state index contributed by atoms with van der Waals surface area (Å²) < 4.78 is 0. The molecule has 0 saturated heterocycles. The van der Waals surface area contributed by atoms with Crippen LogP contribution in [0.2, 0.25) is 0 Å². The molecule has 1 saturated carbocycles. The molecule has 0 aliphatic heterocycles. The Balaban J connectivity index is 1.90. The molecule has 0 radical (unpaired) electrons. The van der Waals surface area contributed by atoms with Crippen LogP contribution in [0, 0.1) is 10.1 Å². The van der Waals surface area contributed by atoms with Crippen LogP contribution < -0.4 is 5.32 Å². The van der Waals surface area contributed by atoms with E-state index in [4.69, 9.17) is 0 Å². The van der Waals surface area contributed by atoms with E-state index in [0.29, 0.717) is 0 Å². The molecule has 0 spiro atoms. The van der Waals surface area contributed by atoms with Crippen LogP contribution in [-0.4, -0.2) is 28.1 Å². The fraction of sp³-hybridized carbons (Fsp3) is 0.533. The Bertz CT molecular complexity index is 501. The quantitative estimate of drug-likeness (QED) is 0.504. The highest BCUT2D eigenvalue weighted by molar-refractivity contribution is 5.79. The SMILES string of the molecule is O=C(Cc1ccc([N+](=O)[O-])cc1)NC1CCCCCC1O. The number of rotatable bonds is 4. The molecule has 2 unspecified atom stereocenters. The van der Waals surface area contributed by atoms with Crippen molar-refractivity contribution in [2.75, 3.05) is 0 Å². The maximum absolute atomic E-state index is 12.0. The third kappa shape index (κ3) is 4.53. The summed E-state index contributed by atoms with van der Waals surface area (Å²) in [4.78, 5) is 22.1. The van der Waals surface area contributed by atoms with Crippen LogP contribution in [0.15, 0.2) is 24.3 Å². The second kappa shape index (κ2) is 7.17. The van der Waals surface area contributed by atoms with E-state index in [1.165, 1.54) is 12.1 Å². The number of nitro groups is 1. The van der Waals surface area contributed by atoms with Crippen LogP contribution in [0.5, 0.6) is 0 Å². The molecule has 6 heteroatoms. The first-order valence-electron chi connectivity index (χ1n) is 7.27. The Hall–Kier alpha value is -1.95. The number of hydrogen-bond donors (Lipinski definition) is 2. The lowest BCUT2D eigenvalue weighted by atomic mass is 10.1. The van der Waals surface area contributed by atoms with Crippen molar-refractivity contribution in [3.63, 3.8) is 0 Å². The molecule has 1 amide bonds. The van der Waals surface area contributed by atoms with Crippen LogP contribution in [0.25, 0.3) is 0 Å². The Kier molecular flexibility index (Phi) is 5.27. The largest absolute Gasteiger partial charge is 0.391 e. The number of carbonyl (C=O) groups excluding carboxylic acids is 1. The zero-order valence-corrected chi connectivity index (χ0v) is 11.8. The maximum atomic E-state index is 12.0. The molecule has 1 aromatic rings. The second-order valence-corrected chi connectivity index (χ2v) is 5.48. The van der Waals surface area contributed by atoms with Crippen LogP contribution >= 0.6 is 0 Å². The molecule has 1 aliphatic rings. The predicted molar refractivity (Wildman–Crippen MR) is 77.8 cm³/mol. The van der Waals surface area contributed by atoms with Gasteiger partial charge in [-0.2, -0.15) is 0 Å². The van der Waals surface area contributed by atoms with Gasteiger partial charge in [0.15, 0.2) is 0 Å². The molecule has 2 rings (SSSR count). The van der Waals surface area contributed by atoms with Gasteiger partial charge in [-0.15, -0.1) is 0 Å². The minimum atomic E-state index is -0.478. The number of nitrogens with one attached hydrogen (secondary N) is 1. The number of nitro benzene ring substituents is 1. The molecule has 6 nitrogen and oxygen atoms in total. The summed E-state index contributed by atoms with van der Waals surface area (Å²) in [6.45, 7) is 0. The average Bonchev–Trinajstić information content (AvgIpc) is 2.65. The van der Waals surface area contributed by atoms with E-state index >= 15 is 0 Å². The summed E-state index contributed by atoms with van der Waals surface area (Å²) in [7, 11) is 0. The van der Waals surface area contributed by atoms with Crippen molar-refractivity contribution in [3.05, 3.63) is 39.9 Å². The third-order valence-electron chi connectivity index (χ3n) is 3.84. The van der Waals surface area contributed by atoms with Crippen molar-refractivity contribution in [2.45, 2.75) is 50.7 Å². The normalized spacial score (nSPS) is 22.3. The predicted octanol–water partition coefficient (Wildman–Crippen LogP) is 1.95. The van der Waals surface area contributed by atoms with Gasteiger partial charge in [0, 0.05) is 12.1 Å². The number of nitrogens with zero attached hydrogens (tertiary/aromatic N) is 1. The lowest BCUT2D eigenvalue weighted by Crippen LogP contribution is -2.43. The van der Waals surface area contributed by atoms with Crippen molar-refractivity contribution in [1.29, 1.82) is 0 Å². The van der Waals surface area contributed by atoms with Gasteiger partial charge in [-0.1, -0.05) is 31.4 Å². The molecule has 21 heavy (non-hydrogen) atoms. The van der Waals surface area contributed by atoms with E-state index in [1.807, 2.05) is 0 Å². The molecule has 114 valence electrons. The van der Waals surface area contributed by atoms with Crippen molar-refractivity contribution in [3.8, 4) is 0 Å². The van der Waals surface area contributed by atoms with E-state index in [1.54, 1.807) is 12.1 Å². The molecule has 0 aromatic heterocycles. The summed E-state index contributed by atoms with van der Waals surface area (Å²) in [5.41, 5.74) is 0.736. The minimum Gasteiger partial charge on any atom is -0.391 e. The number of non-ortho nitro benzene ring substituents is 1. The van der Waals surface area contributed by atoms with Crippen molar-refractivity contribution >= 4 is 11.6 Å². The molecule has 2 N–H and O–H groups in total. The summed E-state index contributed by atoms with van der Waals surface area (Å²) in [6, 6.07) is 5.77. The zero-order valence-electron chi connectivity index (χ0n) is 11.8. The van der Waals surface area contributed by atoms with Gasteiger partial charge in [-0.3, -0.25) is 14.9 Å². The highest BCUT2D eigenvalue weighted by Gasteiger charge is 2.23. The Morgan fingerprint density at radius 2 is 1.90 bits per heavy atom. The molecule has 1 aliphatic carbocycles. The molecule has 1 aromatic carbocycles. The van der Waals surface area contributed by atoms with E-state index in [9.17, 15) is 20.0 Å². The molecule has 0 heterocycles. The van der Waals surface area contributed by atoms with E-state index < -0.39 is 11.0 Å². The van der Waals surface area contributed by atoms with Crippen LogP contribution in [-0.2, 0) is 11.2 Å². The van der Waals surface area contributed by atoms with Crippen LogP contribution in [0.1, 0.15) is 37.7 Å². The summed E-state index contributed by atoms with van der Waals surface area (Å²) >= 11 is 0. The van der Waals surface area contributed by atoms with Crippen molar-refractivity contribution < 1.29 is 14.8 Å². The highest BCUT2D eigenvalue weighted by Crippen LogP contribution is 2.18. The van der Waals surface area contributed by atoms with Gasteiger partial charge in [-0.05, 0) is 18.4 Å². The molecule has 0 bridgehead atoms. The number of hydrogen-bond acceptors (Lipinski definition) is 4. The van der Waals surface area contributed by atoms with Gasteiger partial charge in [-0.25, -0.2) is 0 Å². The summed E-state index contributed by atoms with van der Waals surface area (Å²) in [6.07, 6.45) is 4.31. The first-order chi connectivity index (χ1) is 10.1. The fourth-order valence-electron chi connectivity index (χ4n) is 2.64. The first-order valence-corrected chi connectivity index (χ1v) is 7.27. The monoisotopic (exact) mass is 292 g/mol. The summed E-state index contributed by atoms with van der Waals surface area (Å²) in [5, 5.41) is 23.4. The second-order valence-electron chi connectivity index (χ2n) is 5.48. The smallest absolute Gasteiger partial charge is 0.269 e. The number of benzene rings is 1. The average molecular weight is 292 g/mol. The Labute approximate surface area is 123 Å².